The van der Waals surface area contributed by atoms with Crippen LogP contribution in [0.15, 0.2) is 48.5 Å². The first-order valence-corrected chi connectivity index (χ1v) is 7.74. The SMILES string of the molecule is OC1(COc2ccc(-c3ccccc3)cc2Cl)CCCC1. The normalized spacial score (nSPS) is 16.9. The molecule has 3 heteroatoms. The molecule has 1 aliphatic rings. The lowest BCUT2D eigenvalue weighted by Crippen LogP contribution is -2.32. The van der Waals surface area contributed by atoms with Gasteiger partial charge in [-0.15, -0.1) is 0 Å². The van der Waals surface area contributed by atoms with Crippen molar-refractivity contribution in [3.63, 3.8) is 0 Å². The van der Waals surface area contributed by atoms with Gasteiger partial charge < -0.3 is 9.84 Å². The zero-order valence-corrected chi connectivity index (χ0v) is 12.6. The van der Waals surface area contributed by atoms with Crippen LogP contribution in [0.1, 0.15) is 25.7 Å². The molecule has 0 atom stereocenters. The molecule has 0 amide bonds. The maximum atomic E-state index is 10.3. The Balaban J connectivity index is 1.73. The van der Waals surface area contributed by atoms with Crippen molar-refractivity contribution in [2.24, 2.45) is 0 Å². The van der Waals surface area contributed by atoms with Crippen LogP contribution in [0.3, 0.4) is 0 Å². The summed E-state index contributed by atoms with van der Waals surface area (Å²) in [6.45, 7) is 0.317. The Morgan fingerprint density at radius 2 is 1.71 bits per heavy atom. The van der Waals surface area contributed by atoms with Crippen LogP contribution in [0.4, 0.5) is 0 Å². The minimum absolute atomic E-state index is 0.317. The zero-order chi connectivity index (χ0) is 14.7. The van der Waals surface area contributed by atoms with Gasteiger partial charge in [0.15, 0.2) is 0 Å². The smallest absolute Gasteiger partial charge is 0.138 e. The van der Waals surface area contributed by atoms with Gasteiger partial charge in [0.05, 0.1) is 10.6 Å². The van der Waals surface area contributed by atoms with Gasteiger partial charge in [0, 0.05) is 0 Å². The summed E-state index contributed by atoms with van der Waals surface area (Å²) in [6, 6.07) is 15.9. The molecule has 0 spiro atoms. The highest BCUT2D eigenvalue weighted by atomic mass is 35.5. The largest absolute Gasteiger partial charge is 0.489 e. The molecule has 1 aliphatic carbocycles. The molecule has 0 radical (unpaired) electrons. The lowest BCUT2D eigenvalue weighted by molar-refractivity contribution is 0.00145. The quantitative estimate of drug-likeness (QED) is 0.887. The Labute approximate surface area is 130 Å². The van der Waals surface area contributed by atoms with E-state index in [9.17, 15) is 5.11 Å². The first-order valence-electron chi connectivity index (χ1n) is 7.36. The molecule has 0 unspecified atom stereocenters. The minimum atomic E-state index is -0.679. The van der Waals surface area contributed by atoms with E-state index in [4.69, 9.17) is 16.3 Å². The number of halogens is 1. The van der Waals surface area contributed by atoms with Crippen LogP contribution in [-0.2, 0) is 0 Å². The van der Waals surface area contributed by atoms with Crippen molar-refractivity contribution < 1.29 is 9.84 Å². The molecule has 2 nitrogen and oxygen atoms in total. The third-order valence-electron chi connectivity index (χ3n) is 4.07. The van der Waals surface area contributed by atoms with Gasteiger partial charge in [-0.3, -0.25) is 0 Å². The van der Waals surface area contributed by atoms with E-state index in [1.165, 1.54) is 0 Å². The standard InChI is InChI=1S/C18H19ClO2/c19-16-12-15(14-6-2-1-3-7-14)8-9-17(16)21-13-18(20)10-4-5-11-18/h1-3,6-9,12,20H,4-5,10-11,13H2. The van der Waals surface area contributed by atoms with Crippen molar-refractivity contribution in [2.75, 3.05) is 6.61 Å². The van der Waals surface area contributed by atoms with Gasteiger partial charge in [-0.05, 0) is 36.1 Å². The van der Waals surface area contributed by atoms with Gasteiger partial charge in [0.25, 0.3) is 0 Å². The van der Waals surface area contributed by atoms with E-state index in [2.05, 4.69) is 0 Å². The molecule has 1 fully saturated rings. The van der Waals surface area contributed by atoms with Gasteiger partial charge in [0.1, 0.15) is 12.4 Å². The van der Waals surface area contributed by atoms with Crippen molar-refractivity contribution >= 4 is 11.6 Å². The van der Waals surface area contributed by atoms with Crippen LogP contribution < -0.4 is 4.74 Å². The molecule has 0 heterocycles. The number of hydrogen-bond donors (Lipinski definition) is 1. The Kier molecular flexibility index (Phi) is 4.18. The fourth-order valence-corrected chi connectivity index (χ4v) is 3.05. The second kappa shape index (κ2) is 6.08. The van der Waals surface area contributed by atoms with Gasteiger partial charge in [-0.25, -0.2) is 0 Å². The third-order valence-corrected chi connectivity index (χ3v) is 4.36. The van der Waals surface area contributed by atoms with E-state index < -0.39 is 5.60 Å². The summed E-state index contributed by atoms with van der Waals surface area (Å²) in [5.41, 5.74) is 1.51. The number of hydrogen-bond acceptors (Lipinski definition) is 2. The van der Waals surface area contributed by atoms with Crippen molar-refractivity contribution in [1.29, 1.82) is 0 Å². The molecule has 2 aromatic carbocycles. The molecule has 1 saturated carbocycles. The maximum Gasteiger partial charge on any atom is 0.138 e. The summed E-state index contributed by atoms with van der Waals surface area (Å²) in [5, 5.41) is 10.9. The van der Waals surface area contributed by atoms with Crippen LogP contribution in [0, 0.1) is 0 Å². The fourth-order valence-electron chi connectivity index (χ4n) is 2.82. The first kappa shape index (κ1) is 14.4. The first-order chi connectivity index (χ1) is 10.2. The Morgan fingerprint density at radius 3 is 2.38 bits per heavy atom. The number of benzene rings is 2. The fraction of sp³-hybridized carbons (Fsp3) is 0.333. The molecule has 21 heavy (non-hydrogen) atoms. The van der Waals surface area contributed by atoms with Crippen LogP contribution in [0.25, 0.3) is 11.1 Å². The van der Waals surface area contributed by atoms with Crippen molar-refractivity contribution in [2.45, 2.75) is 31.3 Å². The third kappa shape index (κ3) is 3.39. The number of ether oxygens (including phenoxy) is 1. The average molecular weight is 303 g/mol. The predicted molar refractivity (Wildman–Crippen MR) is 85.8 cm³/mol. The minimum Gasteiger partial charge on any atom is -0.489 e. The number of aliphatic hydroxyl groups is 1. The van der Waals surface area contributed by atoms with Crippen molar-refractivity contribution in [3.8, 4) is 16.9 Å². The lowest BCUT2D eigenvalue weighted by atomic mass is 10.0. The van der Waals surface area contributed by atoms with E-state index in [-0.39, 0.29) is 0 Å². The van der Waals surface area contributed by atoms with Crippen LogP contribution >= 0.6 is 11.6 Å². The molecule has 0 bridgehead atoms. The summed E-state index contributed by atoms with van der Waals surface area (Å²) in [6.07, 6.45) is 3.76. The Bertz CT molecular complexity index is 604. The second-order valence-corrected chi connectivity index (χ2v) is 6.14. The van der Waals surface area contributed by atoms with E-state index in [0.717, 1.165) is 36.8 Å². The molecular formula is C18H19ClO2. The van der Waals surface area contributed by atoms with Gasteiger partial charge in [-0.1, -0.05) is 60.8 Å². The summed E-state index contributed by atoms with van der Waals surface area (Å²) >= 11 is 6.30. The molecule has 3 rings (SSSR count). The molecule has 2 aromatic rings. The average Bonchev–Trinajstić information content (AvgIpc) is 2.94. The Hall–Kier alpha value is -1.51. The van der Waals surface area contributed by atoms with Crippen LogP contribution in [0.2, 0.25) is 5.02 Å². The molecular weight excluding hydrogens is 284 g/mol. The predicted octanol–water partition coefficient (Wildman–Crippen LogP) is 4.69. The highest BCUT2D eigenvalue weighted by Gasteiger charge is 2.32. The highest BCUT2D eigenvalue weighted by Crippen LogP contribution is 2.33. The number of rotatable bonds is 4. The maximum absolute atomic E-state index is 10.3. The van der Waals surface area contributed by atoms with E-state index >= 15 is 0 Å². The molecule has 0 aliphatic heterocycles. The van der Waals surface area contributed by atoms with Crippen LogP contribution in [0.5, 0.6) is 5.75 Å². The monoisotopic (exact) mass is 302 g/mol. The molecule has 0 saturated heterocycles. The molecule has 1 N–H and O–H groups in total. The highest BCUT2D eigenvalue weighted by molar-refractivity contribution is 6.32. The molecule has 0 aromatic heterocycles. The summed E-state index contributed by atoms with van der Waals surface area (Å²) < 4.78 is 5.73. The van der Waals surface area contributed by atoms with Gasteiger partial charge >= 0.3 is 0 Å². The Morgan fingerprint density at radius 1 is 1.00 bits per heavy atom. The zero-order valence-electron chi connectivity index (χ0n) is 11.9. The second-order valence-electron chi connectivity index (χ2n) is 5.73. The van der Waals surface area contributed by atoms with Crippen molar-refractivity contribution in [3.05, 3.63) is 53.6 Å². The van der Waals surface area contributed by atoms with Crippen LogP contribution in [-0.4, -0.2) is 17.3 Å². The lowest BCUT2D eigenvalue weighted by Gasteiger charge is -2.22. The van der Waals surface area contributed by atoms with E-state index in [0.29, 0.717) is 17.4 Å². The topological polar surface area (TPSA) is 29.5 Å². The summed E-state index contributed by atoms with van der Waals surface area (Å²) in [5.74, 6) is 0.636. The summed E-state index contributed by atoms with van der Waals surface area (Å²) in [4.78, 5) is 0. The molecule has 110 valence electrons. The van der Waals surface area contributed by atoms with Crippen molar-refractivity contribution in [1.82, 2.24) is 0 Å². The van der Waals surface area contributed by atoms with E-state index in [1.807, 2.05) is 48.5 Å². The van der Waals surface area contributed by atoms with Gasteiger partial charge in [-0.2, -0.15) is 0 Å². The van der Waals surface area contributed by atoms with Gasteiger partial charge in [0.2, 0.25) is 0 Å². The summed E-state index contributed by atoms with van der Waals surface area (Å²) in [7, 11) is 0. The van der Waals surface area contributed by atoms with E-state index in [1.54, 1.807) is 0 Å².